The molecule has 3 aliphatic rings. The van der Waals surface area contributed by atoms with E-state index in [2.05, 4.69) is 28.2 Å². The highest BCUT2D eigenvalue weighted by molar-refractivity contribution is 6.00. The van der Waals surface area contributed by atoms with Gasteiger partial charge in [0.05, 0.1) is 17.2 Å². The lowest BCUT2D eigenvalue weighted by molar-refractivity contribution is 0.0750. The summed E-state index contributed by atoms with van der Waals surface area (Å²) in [6.07, 6.45) is 5.66. The van der Waals surface area contributed by atoms with Gasteiger partial charge in [-0.05, 0) is 60.4 Å². The van der Waals surface area contributed by atoms with Gasteiger partial charge in [0.2, 0.25) is 0 Å². The number of fused-ring (bicyclic) bond motifs is 4. The Hall–Kier alpha value is -3.45. The van der Waals surface area contributed by atoms with E-state index in [1.165, 1.54) is 11.1 Å². The van der Waals surface area contributed by atoms with E-state index in [1.54, 1.807) is 6.20 Å². The highest BCUT2D eigenvalue weighted by Crippen LogP contribution is 2.43. The first-order valence-electron chi connectivity index (χ1n) is 12.2. The smallest absolute Gasteiger partial charge is 0.274 e. The molecule has 0 radical (unpaired) electrons. The predicted octanol–water partition coefficient (Wildman–Crippen LogP) is 4.10. The number of rotatable bonds is 3. The maximum absolute atomic E-state index is 13.7. The van der Waals surface area contributed by atoms with E-state index in [1.807, 2.05) is 27.5 Å². The lowest BCUT2D eigenvalue weighted by Gasteiger charge is -2.22. The van der Waals surface area contributed by atoms with Gasteiger partial charge in [0, 0.05) is 37.8 Å². The van der Waals surface area contributed by atoms with Crippen LogP contribution in [0.4, 0.5) is 0 Å². The van der Waals surface area contributed by atoms with Crippen molar-refractivity contribution in [2.75, 3.05) is 13.2 Å². The Bertz CT molecular complexity index is 1480. The summed E-state index contributed by atoms with van der Waals surface area (Å²) in [5.74, 6) is 1.61. The fourth-order valence-electron chi connectivity index (χ4n) is 5.66. The molecule has 1 saturated carbocycles. The minimum Gasteiger partial charge on any atom is -0.381 e. The zero-order valence-electron chi connectivity index (χ0n) is 18.9. The van der Waals surface area contributed by atoms with Gasteiger partial charge in [-0.3, -0.25) is 14.0 Å². The van der Waals surface area contributed by atoms with Crippen LogP contribution < -0.4 is 5.56 Å². The van der Waals surface area contributed by atoms with Gasteiger partial charge in [-0.15, -0.1) is 0 Å². The van der Waals surface area contributed by atoms with E-state index >= 15 is 0 Å². The van der Waals surface area contributed by atoms with Crippen LogP contribution in [-0.4, -0.2) is 38.4 Å². The van der Waals surface area contributed by atoms with Gasteiger partial charge >= 0.3 is 0 Å². The topological polar surface area (TPSA) is 79.7 Å². The highest BCUT2D eigenvalue weighted by atomic mass is 16.5. The fourth-order valence-corrected chi connectivity index (χ4v) is 5.66. The molecule has 2 aromatic carbocycles. The van der Waals surface area contributed by atoms with Crippen LogP contribution in [0.3, 0.4) is 0 Å². The van der Waals surface area contributed by atoms with Crippen molar-refractivity contribution < 1.29 is 9.53 Å². The summed E-state index contributed by atoms with van der Waals surface area (Å²) < 4.78 is 7.57. The number of aromatic amines is 1. The molecule has 4 heterocycles. The van der Waals surface area contributed by atoms with Crippen molar-refractivity contribution in [3.05, 3.63) is 81.0 Å². The van der Waals surface area contributed by atoms with Crippen molar-refractivity contribution in [1.29, 1.82) is 0 Å². The number of imidazole rings is 1. The molecule has 0 bridgehead atoms. The van der Waals surface area contributed by atoms with Gasteiger partial charge < -0.3 is 14.6 Å². The lowest BCUT2D eigenvalue weighted by atomic mass is 9.98. The molecule has 2 aliphatic heterocycles. The number of nitrogens with one attached hydrogen (secondary N) is 1. The third-order valence-electron chi connectivity index (χ3n) is 7.64. The van der Waals surface area contributed by atoms with Crippen LogP contribution in [0, 0.1) is 0 Å². The Kier molecular flexibility index (Phi) is 4.42. The average molecular weight is 455 g/mol. The van der Waals surface area contributed by atoms with Crippen LogP contribution in [0.25, 0.3) is 16.6 Å². The monoisotopic (exact) mass is 454 g/mol. The van der Waals surface area contributed by atoms with Gasteiger partial charge in [-0.25, -0.2) is 4.98 Å². The summed E-state index contributed by atoms with van der Waals surface area (Å²) in [7, 11) is 0. The van der Waals surface area contributed by atoms with Crippen molar-refractivity contribution in [1.82, 2.24) is 19.3 Å². The van der Waals surface area contributed by atoms with E-state index in [4.69, 9.17) is 4.74 Å². The molecule has 2 fully saturated rings. The number of carbonyl (C=O) groups excluding carboxylic acids is 1. The third-order valence-corrected chi connectivity index (χ3v) is 7.64. The van der Waals surface area contributed by atoms with E-state index in [0.29, 0.717) is 48.8 Å². The molecule has 7 heteroatoms. The number of H-pyrrole nitrogens is 1. The molecule has 1 aliphatic carbocycles. The molecule has 7 rings (SSSR count). The molecule has 0 spiro atoms. The maximum Gasteiger partial charge on any atom is 0.274 e. The van der Waals surface area contributed by atoms with Crippen molar-refractivity contribution in [3.63, 3.8) is 0 Å². The largest absolute Gasteiger partial charge is 0.381 e. The number of aromatic nitrogens is 3. The lowest BCUT2D eigenvalue weighted by Crippen LogP contribution is -2.26. The van der Waals surface area contributed by atoms with Crippen molar-refractivity contribution >= 4 is 22.5 Å². The zero-order chi connectivity index (χ0) is 22.8. The molecule has 172 valence electrons. The summed E-state index contributed by atoms with van der Waals surface area (Å²) in [5, 5.41) is 0. The molecule has 4 aromatic rings. The quantitative estimate of drug-likeness (QED) is 0.505. The molecule has 1 saturated heterocycles. The number of benzene rings is 2. The number of hydrogen-bond acceptors (Lipinski definition) is 4. The first-order valence-corrected chi connectivity index (χ1v) is 12.2. The standard InChI is InChI=1S/C27H26N4O3/c32-26-24-13-28-25(17-7-9-34-10-8-17)31(24)23-12-20(16-5-6-16)21(11-22(23)29-26)27(33)30-14-18-3-1-2-4-19(18)15-30/h1-4,11-13,16-17H,5-10,14-15H2,(H,29,32). The number of nitrogens with zero attached hydrogens (tertiary/aromatic N) is 3. The Morgan fingerprint density at radius 3 is 2.41 bits per heavy atom. The summed E-state index contributed by atoms with van der Waals surface area (Å²) >= 11 is 0. The number of carbonyl (C=O) groups is 1. The molecule has 0 atom stereocenters. The van der Waals surface area contributed by atoms with E-state index in [0.717, 1.165) is 42.6 Å². The minimum absolute atomic E-state index is 0.0382. The Balaban J connectivity index is 1.38. The van der Waals surface area contributed by atoms with Crippen LogP contribution in [0.5, 0.6) is 0 Å². The van der Waals surface area contributed by atoms with Gasteiger partial charge in [0.15, 0.2) is 0 Å². The van der Waals surface area contributed by atoms with Crippen LogP contribution in [0.15, 0.2) is 47.4 Å². The van der Waals surface area contributed by atoms with E-state index < -0.39 is 0 Å². The number of ether oxygens (including phenoxy) is 1. The van der Waals surface area contributed by atoms with E-state index in [9.17, 15) is 9.59 Å². The predicted molar refractivity (Wildman–Crippen MR) is 128 cm³/mol. The van der Waals surface area contributed by atoms with Gasteiger partial charge in [0.25, 0.3) is 11.5 Å². The zero-order valence-corrected chi connectivity index (χ0v) is 18.9. The van der Waals surface area contributed by atoms with E-state index in [-0.39, 0.29) is 17.4 Å². The summed E-state index contributed by atoms with van der Waals surface area (Å²) in [4.78, 5) is 36.3. The number of amides is 1. The van der Waals surface area contributed by atoms with Crippen LogP contribution in [0.1, 0.15) is 70.4 Å². The second-order valence-corrected chi connectivity index (χ2v) is 9.84. The second-order valence-electron chi connectivity index (χ2n) is 9.84. The molecule has 1 amide bonds. The summed E-state index contributed by atoms with van der Waals surface area (Å²) in [5.41, 5.74) is 6.22. The molecule has 7 nitrogen and oxygen atoms in total. The average Bonchev–Trinajstić information content (AvgIpc) is 3.45. The third kappa shape index (κ3) is 3.10. The van der Waals surface area contributed by atoms with Crippen molar-refractivity contribution in [2.45, 2.75) is 50.6 Å². The number of hydrogen-bond donors (Lipinski definition) is 1. The molecular weight excluding hydrogens is 428 g/mol. The summed E-state index contributed by atoms with van der Waals surface area (Å²) in [6.45, 7) is 2.68. The van der Waals surface area contributed by atoms with Gasteiger partial charge in [-0.2, -0.15) is 0 Å². The molecule has 2 aromatic heterocycles. The molecule has 34 heavy (non-hydrogen) atoms. The van der Waals surface area contributed by atoms with Crippen LogP contribution in [0.2, 0.25) is 0 Å². The van der Waals surface area contributed by atoms with Gasteiger partial charge in [0.1, 0.15) is 11.3 Å². The van der Waals surface area contributed by atoms with Gasteiger partial charge in [-0.1, -0.05) is 24.3 Å². The highest BCUT2D eigenvalue weighted by Gasteiger charge is 2.33. The second kappa shape index (κ2) is 7.53. The minimum atomic E-state index is -0.176. The molecule has 0 unspecified atom stereocenters. The summed E-state index contributed by atoms with van der Waals surface area (Å²) in [6, 6.07) is 12.3. The SMILES string of the molecule is O=C(c1cc2[nH]c(=O)c3cnc(C4CCOCC4)n3c2cc1C1CC1)N1Cc2ccccc2C1. The Morgan fingerprint density at radius 1 is 0.971 bits per heavy atom. The van der Waals surface area contributed by atoms with Crippen LogP contribution >= 0.6 is 0 Å². The Labute approximate surface area is 196 Å². The molecule has 1 N–H and O–H groups in total. The van der Waals surface area contributed by atoms with Crippen molar-refractivity contribution in [2.24, 2.45) is 0 Å². The fraction of sp³-hybridized carbons (Fsp3) is 0.370. The molecular formula is C27H26N4O3. The normalized spacial score (nSPS) is 18.6. The van der Waals surface area contributed by atoms with Crippen LogP contribution in [-0.2, 0) is 17.8 Å². The maximum atomic E-state index is 13.7. The first kappa shape index (κ1) is 20.0. The van der Waals surface area contributed by atoms with Crippen molar-refractivity contribution in [3.8, 4) is 0 Å². The first-order chi connectivity index (χ1) is 16.7. The Morgan fingerprint density at radius 2 is 1.71 bits per heavy atom.